The molecular formula is C25H26N2O6S. The Hall–Kier alpha value is -3.72. The largest absolute Gasteiger partial charge is 0.454 e. The molecule has 0 bridgehead atoms. The second-order valence-corrected chi connectivity index (χ2v) is 9.99. The molecule has 0 aliphatic carbocycles. The van der Waals surface area contributed by atoms with Gasteiger partial charge in [0.15, 0.2) is 12.4 Å². The summed E-state index contributed by atoms with van der Waals surface area (Å²) >= 11 is 0. The molecule has 0 fully saturated rings. The van der Waals surface area contributed by atoms with Gasteiger partial charge in [0.2, 0.25) is 5.78 Å². The number of ether oxygens (including phenoxy) is 1. The number of carbonyl (C=O) groups is 3. The lowest BCUT2D eigenvalue weighted by Gasteiger charge is -2.20. The molecule has 0 spiro atoms. The van der Waals surface area contributed by atoms with E-state index in [9.17, 15) is 22.8 Å². The van der Waals surface area contributed by atoms with Gasteiger partial charge in [-0.25, -0.2) is 13.2 Å². The molecule has 8 nitrogen and oxygen atoms in total. The van der Waals surface area contributed by atoms with Crippen molar-refractivity contribution in [3.63, 3.8) is 0 Å². The first-order valence-corrected chi connectivity index (χ1v) is 11.9. The van der Waals surface area contributed by atoms with Crippen LogP contribution in [0.25, 0.3) is 0 Å². The molecule has 0 saturated heterocycles. The fourth-order valence-corrected chi connectivity index (χ4v) is 4.92. The number of nitrogens with zero attached hydrogens (tertiary/aromatic N) is 1. The lowest BCUT2D eigenvalue weighted by atomic mass is 10.1. The van der Waals surface area contributed by atoms with Crippen molar-refractivity contribution >= 4 is 33.2 Å². The van der Waals surface area contributed by atoms with Crippen LogP contribution in [0, 0.1) is 20.8 Å². The lowest BCUT2D eigenvalue weighted by Crippen LogP contribution is -2.26. The second-order valence-electron chi connectivity index (χ2n) is 8.02. The van der Waals surface area contributed by atoms with E-state index >= 15 is 0 Å². The molecule has 3 rings (SSSR count). The SMILES string of the molecule is CC(=O)c1c(C)[nH]c(C(=O)COC(=O)c2cccc(S(=O)(=O)N(C)c3ccc(C)cc3)c2)c1C. The first-order valence-electron chi connectivity index (χ1n) is 10.5. The number of ketones is 2. The van der Waals surface area contributed by atoms with E-state index < -0.39 is 28.4 Å². The van der Waals surface area contributed by atoms with Crippen molar-refractivity contribution in [3.8, 4) is 0 Å². The van der Waals surface area contributed by atoms with Crippen LogP contribution in [-0.4, -0.2) is 44.6 Å². The van der Waals surface area contributed by atoms with Gasteiger partial charge in [0, 0.05) is 18.3 Å². The Morgan fingerprint density at radius 2 is 1.65 bits per heavy atom. The molecule has 178 valence electrons. The van der Waals surface area contributed by atoms with E-state index in [1.807, 2.05) is 6.92 Å². The number of anilines is 1. The Bertz CT molecular complexity index is 1370. The maximum atomic E-state index is 13.1. The van der Waals surface area contributed by atoms with Crippen LogP contribution in [-0.2, 0) is 14.8 Å². The van der Waals surface area contributed by atoms with Gasteiger partial charge in [-0.05, 0) is 63.6 Å². The molecule has 0 saturated carbocycles. The number of H-pyrrole nitrogens is 1. The van der Waals surface area contributed by atoms with E-state index in [1.54, 1.807) is 38.1 Å². The van der Waals surface area contributed by atoms with Crippen molar-refractivity contribution in [3.05, 3.63) is 82.2 Å². The van der Waals surface area contributed by atoms with Gasteiger partial charge < -0.3 is 9.72 Å². The molecule has 0 aliphatic rings. The minimum absolute atomic E-state index is 0.00463. The van der Waals surface area contributed by atoms with Crippen molar-refractivity contribution < 1.29 is 27.5 Å². The average molecular weight is 483 g/mol. The van der Waals surface area contributed by atoms with Crippen LogP contribution in [0.4, 0.5) is 5.69 Å². The van der Waals surface area contributed by atoms with E-state index in [4.69, 9.17) is 4.74 Å². The van der Waals surface area contributed by atoms with Gasteiger partial charge in [-0.2, -0.15) is 0 Å². The number of esters is 1. The van der Waals surface area contributed by atoms with E-state index in [-0.39, 0.29) is 21.9 Å². The number of carbonyl (C=O) groups excluding carboxylic acids is 3. The molecule has 0 aliphatic heterocycles. The summed E-state index contributed by atoms with van der Waals surface area (Å²) in [7, 11) is -2.50. The van der Waals surface area contributed by atoms with Crippen LogP contribution in [0.15, 0.2) is 53.4 Å². The molecule has 1 N–H and O–H groups in total. The van der Waals surface area contributed by atoms with E-state index in [0.717, 1.165) is 9.87 Å². The zero-order valence-electron chi connectivity index (χ0n) is 19.6. The maximum Gasteiger partial charge on any atom is 0.338 e. The second kappa shape index (κ2) is 9.64. The fraction of sp³-hybridized carbons (Fsp3) is 0.240. The van der Waals surface area contributed by atoms with Gasteiger partial charge in [0.1, 0.15) is 0 Å². The number of Topliss-reactive ketones (excluding diaryl/α,β-unsaturated/α-hetero) is 2. The first-order chi connectivity index (χ1) is 15.9. The van der Waals surface area contributed by atoms with Crippen molar-refractivity contribution in [1.29, 1.82) is 0 Å². The topological polar surface area (TPSA) is 114 Å². The number of aromatic nitrogens is 1. The van der Waals surface area contributed by atoms with Crippen LogP contribution in [0.5, 0.6) is 0 Å². The van der Waals surface area contributed by atoms with Crippen LogP contribution in [0.1, 0.15) is 54.9 Å². The van der Waals surface area contributed by atoms with Crippen LogP contribution in [0.3, 0.4) is 0 Å². The predicted octanol–water partition coefficient (Wildman–Crippen LogP) is 4.01. The minimum Gasteiger partial charge on any atom is -0.454 e. The summed E-state index contributed by atoms with van der Waals surface area (Å²) in [5.41, 5.74) is 3.17. The predicted molar refractivity (Wildman–Crippen MR) is 128 cm³/mol. The number of nitrogens with one attached hydrogen (secondary N) is 1. The summed E-state index contributed by atoms with van der Waals surface area (Å²) in [6.07, 6.45) is 0. The number of hydrogen-bond acceptors (Lipinski definition) is 6. The van der Waals surface area contributed by atoms with Gasteiger partial charge in [-0.3, -0.25) is 13.9 Å². The maximum absolute atomic E-state index is 13.1. The molecule has 3 aromatic rings. The monoisotopic (exact) mass is 482 g/mol. The number of aromatic amines is 1. The number of rotatable bonds is 8. The third-order valence-corrected chi connectivity index (χ3v) is 7.31. The van der Waals surface area contributed by atoms with Crippen molar-refractivity contribution in [2.75, 3.05) is 18.0 Å². The Kier molecular flexibility index (Phi) is 7.07. The highest BCUT2D eigenvalue weighted by atomic mass is 32.2. The minimum atomic E-state index is -3.93. The Balaban J connectivity index is 1.76. The highest BCUT2D eigenvalue weighted by Crippen LogP contribution is 2.23. The average Bonchev–Trinajstić information content (AvgIpc) is 3.11. The zero-order chi connectivity index (χ0) is 25.2. The Morgan fingerprint density at radius 3 is 2.24 bits per heavy atom. The quantitative estimate of drug-likeness (QED) is 0.383. The molecule has 0 atom stereocenters. The summed E-state index contributed by atoms with van der Waals surface area (Å²) in [4.78, 5) is 39.7. The first kappa shape index (κ1) is 24.9. The van der Waals surface area contributed by atoms with Crippen LogP contribution in [0.2, 0.25) is 0 Å². The van der Waals surface area contributed by atoms with E-state index in [1.165, 1.54) is 38.2 Å². The smallest absolute Gasteiger partial charge is 0.338 e. The summed E-state index contributed by atoms with van der Waals surface area (Å²) in [6.45, 7) is 6.09. The highest BCUT2D eigenvalue weighted by molar-refractivity contribution is 7.92. The molecule has 1 aromatic heterocycles. The lowest BCUT2D eigenvalue weighted by molar-refractivity contribution is 0.0473. The van der Waals surface area contributed by atoms with Crippen LogP contribution >= 0.6 is 0 Å². The molecule has 0 amide bonds. The van der Waals surface area contributed by atoms with Gasteiger partial charge in [-0.15, -0.1) is 0 Å². The molecule has 0 unspecified atom stereocenters. The van der Waals surface area contributed by atoms with Crippen LogP contribution < -0.4 is 4.31 Å². The van der Waals surface area contributed by atoms with Crippen molar-refractivity contribution in [1.82, 2.24) is 4.98 Å². The molecule has 9 heteroatoms. The Morgan fingerprint density at radius 1 is 1.00 bits per heavy atom. The fourth-order valence-electron chi connectivity index (χ4n) is 3.68. The summed E-state index contributed by atoms with van der Waals surface area (Å²) in [5, 5.41) is 0. The zero-order valence-corrected chi connectivity index (χ0v) is 20.4. The summed E-state index contributed by atoms with van der Waals surface area (Å²) in [5.74, 6) is -1.50. The molecule has 1 heterocycles. The Labute approximate surface area is 198 Å². The van der Waals surface area contributed by atoms with Crippen molar-refractivity contribution in [2.24, 2.45) is 0 Å². The summed E-state index contributed by atoms with van der Waals surface area (Å²) < 4.78 is 32.4. The number of hydrogen-bond donors (Lipinski definition) is 1. The highest BCUT2D eigenvalue weighted by Gasteiger charge is 2.24. The number of sulfonamides is 1. The molecular weight excluding hydrogens is 456 g/mol. The standard InChI is InChI=1S/C25H26N2O6S/c1-15-9-11-20(12-10-15)27(5)34(31,32)21-8-6-7-19(13-21)25(30)33-14-22(29)24-16(2)23(18(4)28)17(3)26-24/h6-13,26H,14H2,1-5H3. The molecule has 34 heavy (non-hydrogen) atoms. The van der Waals surface area contributed by atoms with Crippen molar-refractivity contribution in [2.45, 2.75) is 32.6 Å². The van der Waals surface area contributed by atoms with E-state index in [0.29, 0.717) is 22.5 Å². The molecule has 0 radical (unpaired) electrons. The van der Waals surface area contributed by atoms with Gasteiger partial charge in [-0.1, -0.05) is 23.8 Å². The summed E-state index contributed by atoms with van der Waals surface area (Å²) in [6, 6.07) is 12.4. The van der Waals surface area contributed by atoms with Gasteiger partial charge >= 0.3 is 5.97 Å². The third kappa shape index (κ3) is 4.94. The van der Waals surface area contributed by atoms with Gasteiger partial charge in [0.25, 0.3) is 10.0 Å². The number of aryl methyl sites for hydroxylation is 2. The van der Waals surface area contributed by atoms with E-state index in [2.05, 4.69) is 4.98 Å². The third-order valence-electron chi connectivity index (χ3n) is 5.53. The normalized spacial score (nSPS) is 11.2. The molecule has 2 aromatic carbocycles. The van der Waals surface area contributed by atoms with Gasteiger partial charge in [0.05, 0.1) is 21.8 Å². The number of benzene rings is 2.